The van der Waals surface area contributed by atoms with Crippen molar-refractivity contribution in [1.82, 2.24) is 10.6 Å². The summed E-state index contributed by atoms with van der Waals surface area (Å²) < 4.78 is 0.852. The second-order valence-corrected chi connectivity index (χ2v) is 6.30. The van der Waals surface area contributed by atoms with Crippen molar-refractivity contribution in [2.75, 3.05) is 19.6 Å². The molecule has 0 amide bonds. The first-order chi connectivity index (χ1) is 8.61. The van der Waals surface area contributed by atoms with Crippen LogP contribution in [0, 0.1) is 5.92 Å². The van der Waals surface area contributed by atoms with E-state index in [2.05, 4.69) is 42.5 Å². The molecule has 0 fully saturated rings. The van der Waals surface area contributed by atoms with Gasteiger partial charge in [0.05, 0.1) is 4.34 Å². The summed E-state index contributed by atoms with van der Waals surface area (Å²) in [5, 5.41) is 6.58. The highest BCUT2D eigenvalue weighted by Crippen LogP contribution is 2.21. The summed E-state index contributed by atoms with van der Waals surface area (Å²) in [7, 11) is 0. The Morgan fingerprint density at radius 3 is 2.63 bits per heavy atom. The molecule has 0 aliphatic rings. The molecule has 0 aliphatic heterocycles. The highest BCUT2D eigenvalue weighted by molar-refractivity contribution is 14.0. The van der Waals surface area contributed by atoms with Crippen molar-refractivity contribution in [3.63, 3.8) is 0 Å². The zero-order valence-electron chi connectivity index (χ0n) is 11.7. The minimum atomic E-state index is 0. The number of nitrogens with one attached hydrogen (secondary N) is 2. The van der Waals surface area contributed by atoms with Crippen LogP contribution >= 0.6 is 46.9 Å². The first-order valence-electron chi connectivity index (χ1n) is 6.38. The highest BCUT2D eigenvalue weighted by Gasteiger charge is 2.00. The van der Waals surface area contributed by atoms with Gasteiger partial charge in [-0.1, -0.05) is 25.4 Å². The van der Waals surface area contributed by atoms with Gasteiger partial charge in [0.2, 0.25) is 0 Å². The van der Waals surface area contributed by atoms with Gasteiger partial charge in [-0.3, -0.25) is 4.99 Å². The summed E-state index contributed by atoms with van der Waals surface area (Å²) in [4.78, 5) is 5.82. The fourth-order valence-corrected chi connectivity index (χ4v) is 2.49. The van der Waals surface area contributed by atoms with Gasteiger partial charge in [-0.15, -0.1) is 35.3 Å². The summed E-state index contributed by atoms with van der Waals surface area (Å²) in [5.41, 5.74) is 0. The number of aliphatic imine (C=N–C) groups is 1. The number of thiophene rings is 1. The van der Waals surface area contributed by atoms with Crippen LogP contribution in [-0.4, -0.2) is 25.6 Å². The maximum absolute atomic E-state index is 5.90. The summed E-state index contributed by atoms with van der Waals surface area (Å²) in [6, 6.07) is 4.02. The van der Waals surface area contributed by atoms with E-state index in [4.69, 9.17) is 11.6 Å². The topological polar surface area (TPSA) is 36.4 Å². The predicted molar refractivity (Wildman–Crippen MR) is 97.3 cm³/mol. The first-order valence-corrected chi connectivity index (χ1v) is 7.57. The molecule has 3 nitrogen and oxygen atoms in total. The molecule has 6 heteroatoms. The minimum absolute atomic E-state index is 0. The van der Waals surface area contributed by atoms with E-state index in [1.165, 1.54) is 4.88 Å². The molecule has 0 unspecified atom stereocenters. The maximum Gasteiger partial charge on any atom is 0.191 e. The van der Waals surface area contributed by atoms with Crippen molar-refractivity contribution in [3.05, 3.63) is 21.3 Å². The fourth-order valence-electron chi connectivity index (χ4n) is 1.41. The Bertz CT molecular complexity index is 380. The summed E-state index contributed by atoms with van der Waals surface area (Å²) in [5.74, 6) is 1.48. The van der Waals surface area contributed by atoms with Crippen LogP contribution in [0.1, 0.15) is 25.6 Å². The van der Waals surface area contributed by atoms with Crippen LogP contribution < -0.4 is 10.6 Å². The molecule has 0 bridgehead atoms. The molecule has 1 rings (SSSR count). The molecule has 2 N–H and O–H groups in total. The van der Waals surface area contributed by atoms with Crippen molar-refractivity contribution in [3.8, 4) is 0 Å². The smallest absolute Gasteiger partial charge is 0.191 e. The Hall–Kier alpha value is -0.0100. The number of hydrogen-bond acceptors (Lipinski definition) is 2. The average molecular weight is 416 g/mol. The minimum Gasteiger partial charge on any atom is -0.357 e. The lowest BCUT2D eigenvalue weighted by Crippen LogP contribution is -2.38. The van der Waals surface area contributed by atoms with Gasteiger partial charge in [-0.25, -0.2) is 0 Å². The number of hydrogen-bond donors (Lipinski definition) is 2. The SMILES string of the molecule is CCNC(=NCC(C)C)NCCc1ccc(Cl)s1.I. The largest absolute Gasteiger partial charge is 0.357 e. The third-order valence-electron chi connectivity index (χ3n) is 2.25. The van der Waals surface area contributed by atoms with Crippen molar-refractivity contribution in [2.24, 2.45) is 10.9 Å². The van der Waals surface area contributed by atoms with Gasteiger partial charge < -0.3 is 10.6 Å². The molecule has 0 aliphatic carbocycles. The number of rotatable bonds is 6. The van der Waals surface area contributed by atoms with Crippen LogP contribution in [0.25, 0.3) is 0 Å². The van der Waals surface area contributed by atoms with E-state index in [1.807, 2.05) is 6.07 Å². The van der Waals surface area contributed by atoms with E-state index in [1.54, 1.807) is 11.3 Å². The number of guanidine groups is 1. The third kappa shape index (κ3) is 8.70. The Morgan fingerprint density at radius 1 is 1.37 bits per heavy atom. The van der Waals surface area contributed by atoms with E-state index >= 15 is 0 Å². The fraction of sp³-hybridized carbons (Fsp3) is 0.615. The number of halogens is 2. The van der Waals surface area contributed by atoms with Crippen molar-refractivity contribution >= 4 is 52.9 Å². The van der Waals surface area contributed by atoms with E-state index in [9.17, 15) is 0 Å². The predicted octanol–water partition coefficient (Wildman–Crippen LogP) is 3.77. The summed E-state index contributed by atoms with van der Waals surface area (Å²) >= 11 is 7.53. The molecule has 1 heterocycles. The van der Waals surface area contributed by atoms with E-state index < -0.39 is 0 Å². The standard InChI is InChI=1S/C13H22ClN3S.HI/c1-4-15-13(17-9-10(2)3)16-8-7-11-5-6-12(14)18-11;/h5-6,10H,4,7-9H2,1-3H3,(H2,15,16,17);1H. The molecule has 1 aromatic heterocycles. The molecule has 0 atom stereocenters. The van der Waals surface area contributed by atoms with Gasteiger partial charge in [-0.2, -0.15) is 0 Å². The zero-order chi connectivity index (χ0) is 13.4. The van der Waals surface area contributed by atoms with E-state index in [-0.39, 0.29) is 24.0 Å². The summed E-state index contributed by atoms with van der Waals surface area (Å²) in [6.07, 6.45) is 0.976. The Labute approximate surface area is 142 Å². The summed E-state index contributed by atoms with van der Waals surface area (Å²) in [6.45, 7) is 9.02. The van der Waals surface area contributed by atoms with Crippen LogP contribution in [0.3, 0.4) is 0 Å². The third-order valence-corrected chi connectivity index (χ3v) is 3.54. The van der Waals surface area contributed by atoms with Crippen LogP contribution in [0.15, 0.2) is 17.1 Å². The molecule has 19 heavy (non-hydrogen) atoms. The maximum atomic E-state index is 5.90. The van der Waals surface area contributed by atoms with Gasteiger partial charge in [-0.05, 0) is 31.4 Å². The lowest BCUT2D eigenvalue weighted by Gasteiger charge is -2.11. The highest BCUT2D eigenvalue weighted by atomic mass is 127. The van der Waals surface area contributed by atoms with Crippen LogP contribution in [0.5, 0.6) is 0 Å². The monoisotopic (exact) mass is 415 g/mol. The van der Waals surface area contributed by atoms with Gasteiger partial charge >= 0.3 is 0 Å². The van der Waals surface area contributed by atoms with Crippen LogP contribution in [0.2, 0.25) is 4.34 Å². The molecule has 0 radical (unpaired) electrons. The zero-order valence-corrected chi connectivity index (χ0v) is 15.6. The normalized spacial score (nSPS) is 11.3. The van der Waals surface area contributed by atoms with E-state index in [0.29, 0.717) is 5.92 Å². The Morgan fingerprint density at radius 2 is 2.11 bits per heavy atom. The first kappa shape index (κ1) is 19.0. The molecule has 0 spiro atoms. The van der Waals surface area contributed by atoms with Gasteiger partial charge in [0.25, 0.3) is 0 Å². The Kier molecular flexibility index (Phi) is 10.7. The second kappa shape index (κ2) is 10.7. The molecule has 110 valence electrons. The molecular weight excluding hydrogens is 393 g/mol. The lowest BCUT2D eigenvalue weighted by molar-refractivity contribution is 0.656. The van der Waals surface area contributed by atoms with Gasteiger partial charge in [0.15, 0.2) is 5.96 Å². The second-order valence-electron chi connectivity index (χ2n) is 4.50. The molecule has 0 aromatic carbocycles. The van der Waals surface area contributed by atoms with Crippen LogP contribution in [-0.2, 0) is 6.42 Å². The lowest BCUT2D eigenvalue weighted by atomic mass is 10.2. The van der Waals surface area contributed by atoms with Crippen molar-refractivity contribution < 1.29 is 0 Å². The quantitative estimate of drug-likeness (QED) is 0.421. The molecule has 1 aromatic rings. The molecule has 0 saturated carbocycles. The van der Waals surface area contributed by atoms with Crippen molar-refractivity contribution in [2.45, 2.75) is 27.2 Å². The van der Waals surface area contributed by atoms with Gasteiger partial charge in [0, 0.05) is 24.5 Å². The molecule has 0 saturated heterocycles. The van der Waals surface area contributed by atoms with E-state index in [0.717, 1.165) is 36.4 Å². The Balaban J connectivity index is 0.00000324. The number of nitrogens with zero attached hydrogens (tertiary/aromatic N) is 1. The van der Waals surface area contributed by atoms with Crippen molar-refractivity contribution in [1.29, 1.82) is 0 Å². The van der Waals surface area contributed by atoms with Gasteiger partial charge in [0.1, 0.15) is 0 Å². The molecular formula is C13H23ClIN3S. The van der Waals surface area contributed by atoms with Crippen LogP contribution in [0.4, 0.5) is 0 Å². The average Bonchev–Trinajstić information content (AvgIpc) is 2.72.